The van der Waals surface area contributed by atoms with Gasteiger partial charge in [-0.3, -0.25) is 4.79 Å². The summed E-state index contributed by atoms with van der Waals surface area (Å²) < 4.78 is 10.0. The van der Waals surface area contributed by atoms with Gasteiger partial charge in [-0.15, -0.1) is 0 Å². The van der Waals surface area contributed by atoms with E-state index in [-0.39, 0.29) is 12.5 Å². The number of carbonyl (C=O) groups excluding carboxylic acids is 1. The molecule has 25 heavy (non-hydrogen) atoms. The lowest BCUT2D eigenvalue weighted by molar-refractivity contribution is -0.119. The van der Waals surface area contributed by atoms with Crippen molar-refractivity contribution in [3.05, 3.63) is 0 Å². The van der Waals surface area contributed by atoms with Gasteiger partial charge in [-0.1, -0.05) is 0 Å². The summed E-state index contributed by atoms with van der Waals surface area (Å²) in [5.74, 6) is 0.615. The number of hydrogen-bond acceptors (Lipinski definition) is 5. The maximum absolute atomic E-state index is 11.7. The van der Waals surface area contributed by atoms with Crippen LogP contribution in [0.1, 0.15) is 26.2 Å². The van der Waals surface area contributed by atoms with E-state index < -0.39 is 0 Å². The van der Waals surface area contributed by atoms with E-state index in [1.165, 1.54) is 0 Å². The molecule has 1 amide bonds. The number of rotatable bonds is 11. The van der Waals surface area contributed by atoms with Crippen molar-refractivity contribution in [2.45, 2.75) is 32.2 Å². The highest BCUT2D eigenvalue weighted by molar-refractivity contribution is 5.85. The van der Waals surface area contributed by atoms with E-state index in [1.807, 2.05) is 6.92 Å². The van der Waals surface area contributed by atoms with Crippen molar-refractivity contribution in [1.82, 2.24) is 20.9 Å². The Morgan fingerprint density at radius 2 is 1.88 bits per heavy atom. The van der Waals surface area contributed by atoms with Crippen LogP contribution in [0.5, 0.6) is 0 Å². The van der Waals surface area contributed by atoms with Crippen molar-refractivity contribution in [2.24, 2.45) is 4.99 Å². The van der Waals surface area contributed by atoms with Crippen LogP contribution in [0.25, 0.3) is 0 Å². The summed E-state index contributed by atoms with van der Waals surface area (Å²) in [6, 6.07) is 0.396. The van der Waals surface area contributed by atoms with Gasteiger partial charge in [-0.2, -0.15) is 0 Å². The molecular weight excluding hydrogens is 322 g/mol. The molecule has 1 saturated heterocycles. The van der Waals surface area contributed by atoms with Crippen LogP contribution in [0.4, 0.5) is 0 Å². The van der Waals surface area contributed by atoms with E-state index in [1.54, 1.807) is 14.2 Å². The first-order chi connectivity index (χ1) is 12.2. The van der Waals surface area contributed by atoms with Gasteiger partial charge in [0.2, 0.25) is 5.91 Å². The zero-order valence-corrected chi connectivity index (χ0v) is 16.0. The molecule has 1 aliphatic rings. The molecule has 1 rings (SSSR count). The Bertz CT molecular complexity index is 384. The van der Waals surface area contributed by atoms with Gasteiger partial charge in [-0.25, -0.2) is 4.99 Å². The number of nitrogens with zero attached hydrogens (tertiary/aromatic N) is 2. The average Bonchev–Trinajstić information content (AvgIpc) is 2.62. The summed E-state index contributed by atoms with van der Waals surface area (Å²) >= 11 is 0. The molecule has 1 heterocycles. The summed E-state index contributed by atoms with van der Waals surface area (Å²) in [4.78, 5) is 18.6. The van der Waals surface area contributed by atoms with E-state index in [2.05, 4.69) is 25.8 Å². The molecule has 3 N–H and O–H groups in total. The summed E-state index contributed by atoms with van der Waals surface area (Å²) in [5.41, 5.74) is 0. The van der Waals surface area contributed by atoms with Crippen LogP contribution in [-0.2, 0) is 14.3 Å². The fourth-order valence-electron chi connectivity index (χ4n) is 2.75. The van der Waals surface area contributed by atoms with Gasteiger partial charge in [0.05, 0.1) is 6.61 Å². The predicted molar refractivity (Wildman–Crippen MR) is 100.0 cm³/mol. The third-order valence-corrected chi connectivity index (χ3v) is 4.10. The van der Waals surface area contributed by atoms with Gasteiger partial charge in [0, 0.05) is 59.6 Å². The topological polar surface area (TPSA) is 87.2 Å². The van der Waals surface area contributed by atoms with Crippen molar-refractivity contribution in [3.63, 3.8) is 0 Å². The number of ether oxygens (including phenoxy) is 2. The van der Waals surface area contributed by atoms with Gasteiger partial charge in [-0.05, 0) is 26.2 Å². The molecule has 0 aliphatic carbocycles. The fourth-order valence-corrected chi connectivity index (χ4v) is 2.75. The maximum atomic E-state index is 11.7. The van der Waals surface area contributed by atoms with Crippen LogP contribution in [0, 0.1) is 0 Å². The number of carbonyl (C=O) groups is 1. The number of guanidine groups is 1. The van der Waals surface area contributed by atoms with Crippen LogP contribution in [-0.4, -0.2) is 89.5 Å². The lowest BCUT2D eigenvalue weighted by atomic mass is 10.1. The molecular formula is C17H35N5O3. The van der Waals surface area contributed by atoms with E-state index in [4.69, 9.17) is 9.47 Å². The highest BCUT2D eigenvalue weighted by Crippen LogP contribution is 2.10. The normalized spacial score (nSPS) is 16.7. The van der Waals surface area contributed by atoms with E-state index >= 15 is 0 Å². The number of methoxy groups -OCH3 is 2. The molecule has 8 heteroatoms. The highest BCUT2D eigenvalue weighted by atomic mass is 16.5. The van der Waals surface area contributed by atoms with Crippen LogP contribution in [0.3, 0.4) is 0 Å². The van der Waals surface area contributed by atoms with E-state index in [9.17, 15) is 4.79 Å². The summed E-state index contributed by atoms with van der Waals surface area (Å²) in [7, 11) is 3.36. The largest absolute Gasteiger partial charge is 0.385 e. The number of amides is 1. The van der Waals surface area contributed by atoms with E-state index in [0.717, 1.165) is 52.0 Å². The molecule has 0 aromatic heterocycles. The van der Waals surface area contributed by atoms with Crippen molar-refractivity contribution in [1.29, 1.82) is 0 Å². The van der Waals surface area contributed by atoms with Crippen molar-refractivity contribution >= 4 is 11.9 Å². The third kappa shape index (κ3) is 10.3. The molecule has 0 saturated carbocycles. The summed E-state index contributed by atoms with van der Waals surface area (Å²) in [5, 5.41) is 9.43. The molecule has 1 aliphatic heterocycles. The zero-order chi connectivity index (χ0) is 18.3. The third-order valence-electron chi connectivity index (χ3n) is 4.10. The van der Waals surface area contributed by atoms with E-state index in [0.29, 0.717) is 25.2 Å². The van der Waals surface area contributed by atoms with Crippen molar-refractivity contribution in [2.75, 3.05) is 66.7 Å². The molecule has 0 bridgehead atoms. The average molecular weight is 357 g/mol. The SMILES string of the molecule is CCNC(=NCC(=O)NCCOC)NC1CCN(CCCOC)CC1. The van der Waals surface area contributed by atoms with Gasteiger partial charge in [0.1, 0.15) is 6.54 Å². The van der Waals surface area contributed by atoms with Gasteiger partial charge in [0.15, 0.2) is 5.96 Å². The van der Waals surface area contributed by atoms with Gasteiger partial charge in [0.25, 0.3) is 0 Å². The Balaban J connectivity index is 2.32. The number of piperidine rings is 1. The minimum Gasteiger partial charge on any atom is -0.385 e. The number of hydrogen-bond donors (Lipinski definition) is 3. The molecule has 0 unspecified atom stereocenters. The zero-order valence-electron chi connectivity index (χ0n) is 16.0. The Kier molecular flexibility index (Phi) is 12.0. The second-order valence-electron chi connectivity index (χ2n) is 6.14. The molecule has 0 aromatic carbocycles. The molecule has 0 spiro atoms. The lowest BCUT2D eigenvalue weighted by Gasteiger charge is -2.33. The number of aliphatic imine (C=N–C) groups is 1. The van der Waals surface area contributed by atoms with Crippen LogP contribution in [0.2, 0.25) is 0 Å². The Labute approximate surface area is 151 Å². The molecule has 8 nitrogen and oxygen atoms in total. The number of likely N-dealkylation sites (tertiary alicyclic amines) is 1. The van der Waals surface area contributed by atoms with Crippen LogP contribution < -0.4 is 16.0 Å². The van der Waals surface area contributed by atoms with Crippen LogP contribution >= 0.6 is 0 Å². The maximum Gasteiger partial charge on any atom is 0.241 e. The monoisotopic (exact) mass is 357 g/mol. The predicted octanol–water partition coefficient (Wildman–Crippen LogP) is -0.195. The van der Waals surface area contributed by atoms with Gasteiger partial charge < -0.3 is 30.3 Å². The van der Waals surface area contributed by atoms with Crippen LogP contribution in [0.15, 0.2) is 4.99 Å². The minimum absolute atomic E-state index is 0.0952. The Morgan fingerprint density at radius 3 is 2.52 bits per heavy atom. The van der Waals surface area contributed by atoms with Gasteiger partial charge >= 0.3 is 0 Å². The standard InChI is InChI=1S/C17H35N5O3/c1-4-18-17(20-14-16(23)19-8-13-25-3)21-15-6-10-22(11-7-15)9-5-12-24-2/h15H,4-14H2,1-3H3,(H,19,23)(H2,18,20,21). The second-order valence-corrected chi connectivity index (χ2v) is 6.14. The molecule has 0 aromatic rings. The summed E-state index contributed by atoms with van der Waals surface area (Å²) in [6.45, 7) is 8.01. The molecule has 0 atom stereocenters. The second kappa shape index (κ2) is 13.9. The quantitative estimate of drug-likeness (QED) is 0.270. The number of nitrogens with one attached hydrogen (secondary N) is 3. The molecule has 0 radical (unpaired) electrons. The first kappa shape index (κ1) is 21.7. The Hall–Kier alpha value is -1.38. The lowest BCUT2D eigenvalue weighted by Crippen LogP contribution is -2.49. The first-order valence-corrected chi connectivity index (χ1v) is 9.21. The molecule has 146 valence electrons. The highest BCUT2D eigenvalue weighted by Gasteiger charge is 2.19. The first-order valence-electron chi connectivity index (χ1n) is 9.21. The van der Waals surface area contributed by atoms with Crippen molar-refractivity contribution < 1.29 is 14.3 Å². The smallest absolute Gasteiger partial charge is 0.241 e. The Morgan fingerprint density at radius 1 is 1.16 bits per heavy atom. The fraction of sp³-hybridized carbons (Fsp3) is 0.882. The minimum atomic E-state index is -0.0952. The van der Waals surface area contributed by atoms with Crippen molar-refractivity contribution in [3.8, 4) is 0 Å². The summed E-state index contributed by atoms with van der Waals surface area (Å²) in [6.07, 6.45) is 3.24. The molecule has 1 fully saturated rings.